The Kier molecular flexibility index (Phi) is 3.27. The average molecular weight is 205 g/mol. The molecule has 0 aliphatic carbocycles. The summed E-state index contributed by atoms with van der Waals surface area (Å²) >= 11 is 0. The molecule has 2 nitrogen and oxygen atoms in total. The topological polar surface area (TPSA) is 28.6 Å². The minimum Gasteiger partial charge on any atom is -0.379 e. The summed E-state index contributed by atoms with van der Waals surface area (Å²) in [7, 11) is 0. The number of quaternary nitrogens is 1. The van der Waals surface area contributed by atoms with E-state index < -0.39 is 0 Å². The highest BCUT2D eigenvalue weighted by Gasteiger charge is 2.17. The SMILES string of the molecule is Cc1cc(C)cc(NC[C@@H]2CCC[NH2+]2)c1. The molecule has 1 fully saturated rings. The fourth-order valence-corrected chi connectivity index (χ4v) is 2.36. The molecule has 1 atom stereocenters. The molecule has 0 bridgehead atoms. The molecule has 15 heavy (non-hydrogen) atoms. The molecular weight excluding hydrogens is 184 g/mol. The van der Waals surface area contributed by atoms with Gasteiger partial charge in [-0.25, -0.2) is 0 Å². The largest absolute Gasteiger partial charge is 0.379 e. The lowest BCUT2D eigenvalue weighted by Crippen LogP contribution is -2.87. The molecule has 1 aromatic rings. The Morgan fingerprint density at radius 1 is 1.27 bits per heavy atom. The number of nitrogens with two attached hydrogens (primary N) is 1. The molecule has 0 saturated carbocycles. The number of hydrogen-bond donors (Lipinski definition) is 2. The number of nitrogens with one attached hydrogen (secondary N) is 1. The maximum Gasteiger partial charge on any atom is 0.104 e. The van der Waals surface area contributed by atoms with Crippen LogP contribution in [0.3, 0.4) is 0 Å². The number of aryl methyl sites for hydroxylation is 2. The van der Waals surface area contributed by atoms with E-state index in [1.54, 1.807) is 0 Å². The van der Waals surface area contributed by atoms with Crippen LogP contribution in [0.25, 0.3) is 0 Å². The molecule has 0 aromatic heterocycles. The Hall–Kier alpha value is -1.02. The van der Waals surface area contributed by atoms with Crippen LogP contribution in [0.4, 0.5) is 5.69 Å². The average Bonchev–Trinajstić information content (AvgIpc) is 2.65. The first-order valence-electron chi connectivity index (χ1n) is 5.89. The van der Waals surface area contributed by atoms with Gasteiger partial charge in [0.1, 0.15) is 6.04 Å². The van der Waals surface area contributed by atoms with Gasteiger partial charge in [0, 0.05) is 18.5 Å². The van der Waals surface area contributed by atoms with E-state index in [0.29, 0.717) is 0 Å². The van der Waals surface area contributed by atoms with E-state index >= 15 is 0 Å². The molecule has 1 aliphatic heterocycles. The van der Waals surface area contributed by atoms with Crippen molar-refractivity contribution in [3.8, 4) is 0 Å². The number of anilines is 1. The van der Waals surface area contributed by atoms with Crippen molar-refractivity contribution in [2.45, 2.75) is 32.7 Å². The van der Waals surface area contributed by atoms with Crippen LogP contribution in [0.1, 0.15) is 24.0 Å². The van der Waals surface area contributed by atoms with Gasteiger partial charge in [0.05, 0.1) is 13.1 Å². The first-order valence-corrected chi connectivity index (χ1v) is 5.89. The van der Waals surface area contributed by atoms with Crippen LogP contribution in [0.2, 0.25) is 0 Å². The molecule has 2 heteroatoms. The molecule has 1 aromatic carbocycles. The molecule has 1 saturated heterocycles. The normalized spacial score (nSPS) is 20.5. The van der Waals surface area contributed by atoms with Crippen molar-refractivity contribution >= 4 is 5.69 Å². The van der Waals surface area contributed by atoms with Crippen LogP contribution < -0.4 is 10.6 Å². The molecule has 1 aliphatic rings. The van der Waals surface area contributed by atoms with Crippen LogP contribution in [-0.4, -0.2) is 19.1 Å². The molecule has 3 N–H and O–H groups in total. The van der Waals surface area contributed by atoms with Gasteiger partial charge in [-0.2, -0.15) is 0 Å². The van der Waals surface area contributed by atoms with Crippen molar-refractivity contribution in [3.63, 3.8) is 0 Å². The van der Waals surface area contributed by atoms with Gasteiger partial charge in [-0.15, -0.1) is 0 Å². The maximum atomic E-state index is 3.54. The third-order valence-corrected chi connectivity index (χ3v) is 3.07. The zero-order chi connectivity index (χ0) is 10.7. The minimum absolute atomic E-state index is 0.783. The van der Waals surface area contributed by atoms with E-state index in [2.05, 4.69) is 42.7 Å². The van der Waals surface area contributed by atoms with Crippen molar-refractivity contribution < 1.29 is 5.32 Å². The van der Waals surface area contributed by atoms with E-state index in [-0.39, 0.29) is 0 Å². The fraction of sp³-hybridized carbons (Fsp3) is 0.538. The lowest BCUT2D eigenvalue weighted by atomic mass is 10.1. The quantitative estimate of drug-likeness (QED) is 0.768. The van der Waals surface area contributed by atoms with Crippen LogP contribution >= 0.6 is 0 Å². The first kappa shape index (κ1) is 10.5. The van der Waals surface area contributed by atoms with Gasteiger partial charge in [0.25, 0.3) is 0 Å². The molecule has 2 rings (SSSR count). The molecule has 0 amide bonds. The summed E-state index contributed by atoms with van der Waals surface area (Å²) in [5.74, 6) is 0. The van der Waals surface area contributed by atoms with E-state index in [4.69, 9.17) is 0 Å². The second-order valence-corrected chi connectivity index (χ2v) is 4.68. The summed E-state index contributed by atoms with van der Waals surface area (Å²) in [6.45, 7) is 6.71. The Labute approximate surface area is 92.1 Å². The van der Waals surface area contributed by atoms with Gasteiger partial charge in [0.2, 0.25) is 0 Å². The predicted octanol–water partition coefficient (Wildman–Crippen LogP) is 1.44. The summed E-state index contributed by atoms with van der Waals surface area (Å²) in [6, 6.07) is 7.45. The number of rotatable bonds is 3. The molecule has 82 valence electrons. The van der Waals surface area contributed by atoms with Crippen molar-refractivity contribution in [3.05, 3.63) is 29.3 Å². The van der Waals surface area contributed by atoms with Crippen LogP contribution in [0.5, 0.6) is 0 Å². The maximum absolute atomic E-state index is 3.54. The standard InChI is InChI=1S/C13H20N2/c1-10-6-11(2)8-13(7-10)15-9-12-4-3-5-14-12/h6-8,12,14-15H,3-5,9H2,1-2H3/p+1/t12-/m0/s1. The Bertz CT molecular complexity index is 307. The third kappa shape index (κ3) is 2.96. The second kappa shape index (κ2) is 4.67. The van der Waals surface area contributed by atoms with Crippen molar-refractivity contribution in [1.29, 1.82) is 0 Å². The lowest BCUT2D eigenvalue weighted by molar-refractivity contribution is -0.666. The van der Waals surface area contributed by atoms with Crippen molar-refractivity contribution in [2.75, 3.05) is 18.4 Å². The van der Waals surface area contributed by atoms with Crippen molar-refractivity contribution in [1.82, 2.24) is 0 Å². The van der Waals surface area contributed by atoms with E-state index in [9.17, 15) is 0 Å². The summed E-state index contributed by atoms with van der Waals surface area (Å²) in [5.41, 5.74) is 3.95. The summed E-state index contributed by atoms with van der Waals surface area (Å²) < 4.78 is 0. The Morgan fingerprint density at radius 3 is 2.60 bits per heavy atom. The van der Waals surface area contributed by atoms with E-state index in [1.165, 1.54) is 36.2 Å². The Balaban J connectivity index is 1.92. The number of benzene rings is 1. The zero-order valence-electron chi connectivity index (χ0n) is 9.72. The lowest BCUT2D eigenvalue weighted by Gasteiger charge is -2.11. The molecule has 0 radical (unpaired) electrons. The highest BCUT2D eigenvalue weighted by Crippen LogP contribution is 2.13. The van der Waals surface area contributed by atoms with Crippen molar-refractivity contribution in [2.24, 2.45) is 0 Å². The van der Waals surface area contributed by atoms with Gasteiger partial charge in [-0.05, 0) is 37.1 Å². The monoisotopic (exact) mass is 205 g/mol. The van der Waals surface area contributed by atoms with E-state index in [1.807, 2.05) is 0 Å². The van der Waals surface area contributed by atoms with Crippen LogP contribution in [0.15, 0.2) is 18.2 Å². The smallest absolute Gasteiger partial charge is 0.104 e. The second-order valence-electron chi connectivity index (χ2n) is 4.68. The Morgan fingerprint density at radius 2 is 2.00 bits per heavy atom. The van der Waals surface area contributed by atoms with Gasteiger partial charge in [0.15, 0.2) is 0 Å². The fourth-order valence-electron chi connectivity index (χ4n) is 2.36. The van der Waals surface area contributed by atoms with Crippen LogP contribution in [0, 0.1) is 13.8 Å². The summed E-state index contributed by atoms with van der Waals surface area (Å²) in [6.07, 6.45) is 2.73. The highest BCUT2D eigenvalue weighted by atomic mass is 15.0. The van der Waals surface area contributed by atoms with Gasteiger partial charge < -0.3 is 10.6 Å². The molecular formula is C13H21N2+. The van der Waals surface area contributed by atoms with Gasteiger partial charge in [-0.3, -0.25) is 0 Å². The molecule has 0 unspecified atom stereocenters. The van der Waals surface area contributed by atoms with Gasteiger partial charge in [-0.1, -0.05) is 6.07 Å². The minimum atomic E-state index is 0.783. The first-order chi connectivity index (χ1) is 7.24. The summed E-state index contributed by atoms with van der Waals surface area (Å²) in [4.78, 5) is 0. The number of hydrogen-bond acceptors (Lipinski definition) is 1. The van der Waals surface area contributed by atoms with E-state index in [0.717, 1.165) is 12.6 Å². The summed E-state index contributed by atoms with van der Waals surface area (Å²) in [5, 5.41) is 5.99. The highest BCUT2D eigenvalue weighted by molar-refractivity contribution is 5.48. The predicted molar refractivity (Wildman–Crippen MR) is 64.2 cm³/mol. The third-order valence-electron chi connectivity index (χ3n) is 3.07. The van der Waals surface area contributed by atoms with Crippen LogP contribution in [-0.2, 0) is 0 Å². The van der Waals surface area contributed by atoms with Gasteiger partial charge >= 0.3 is 0 Å². The molecule has 1 heterocycles. The molecule has 0 spiro atoms. The zero-order valence-corrected chi connectivity index (χ0v) is 9.72.